The maximum absolute atomic E-state index is 12.1. The van der Waals surface area contributed by atoms with Gasteiger partial charge in [-0.2, -0.15) is 9.98 Å². The van der Waals surface area contributed by atoms with Crippen LogP contribution in [0.15, 0.2) is 56.2 Å². The van der Waals surface area contributed by atoms with Gasteiger partial charge in [0.15, 0.2) is 31.6 Å². The summed E-state index contributed by atoms with van der Waals surface area (Å²) in [4.78, 5) is 53.8. The predicted octanol–water partition coefficient (Wildman–Crippen LogP) is 0.534. The molecule has 2 aliphatic heterocycles. The highest BCUT2D eigenvalue weighted by molar-refractivity contribution is 7.91. The summed E-state index contributed by atoms with van der Waals surface area (Å²) in [5.41, 5.74) is 22.3. The van der Waals surface area contributed by atoms with Crippen LogP contribution >= 0.6 is 0 Å². The van der Waals surface area contributed by atoms with E-state index in [0.29, 0.717) is 11.4 Å². The predicted molar refractivity (Wildman–Crippen MR) is 191 cm³/mol. The average Bonchev–Trinajstić information content (AvgIpc) is 3.03. The molecule has 0 saturated carbocycles. The van der Waals surface area contributed by atoms with Gasteiger partial charge in [-0.3, -0.25) is 19.2 Å². The first-order valence-electron chi connectivity index (χ1n) is 15.6. The highest BCUT2D eigenvalue weighted by Gasteiger charge is 2.23. The first-order valence-corrected chi connectivity index (χ1v) is 19.4. The van der Waals surface area contributed by atoms with Gasteiger partial charge in [-0.05, 0) is 74.9 Å². The van der Waals surface area contributed by atoms with E-state index in [1.165, 1.54) is 12.1 Å². The summed E-state index contributed by atoms with van der Waals surface area (Å²) >= 11 is 0. The van der Waals surface area contributed by atoms with Gasteiger partial charge < -0.3 is 42.9 Å². The fourth-order valence-electron chi connectivity index (χ4n) is 5.17. The van der Waals surface area contributed by atoms with Gasteiger partial charge in [-0.15, -0.1) is 0 Å². The quantitative estimate of drug-likeness (QED) is 0.122. The van der Waals surface area contributed by atoms with E-state index in [0.717, 1.165) is 77.2 Å². The van der Waals surface area contributed by atoms with Crippen LogP contribution in [-0.4, -0.2) is 101 Å². The van der Waals surface area contributed by atoms with E-state index in [4.69, 9.17) is 33.1 Å². The highest BCUT2D eigenvalue weighted by Crippen LogP contribution is 2.30. The fourth-order valence-corrected chi connectivity index (χ4v) is 7.01. The van der Waals surface area contributed by atoms with E-state index >= 15 is 0 Å². The largest absolute Gasteiger partial charge is 0.481 e. The Bertz CT molecular complexity index is 1740. The number of carboxylic acid groups (broad SMARTS) is 2. The molecule has 51 heavy (non-hydrogen) atoms. The second-order valence-corrected chi connectivity index (χ2v) is 15.6. The smallest absolute Gasteiger partial charge is 0.314 e. The molecule has 0 aliphatic carbocycles. The van der Waals surface area contributed by atoms with E-state index in [1.807, 2.05) is 9.80 Å². The van der Waals surface area contributed by atoms with Crippen LogP contribution in [0.1, 0.15) is 65.7 Å². The Morgan fingerprint density at radius 1 is 0.608 bits per heavy atom. The number of amides is 2. The zero-order valence-corrected chi connectivity index (χ0v) is 30.0. The summed E-state index contributed by atoms with van der Waals surface area (Å²) in [5, 5.41) is 15.4. The average molecular weight is 753 g/mol. The molecule has 2 aromatic carbocycles. The van der Waals surface area contributed by atoms with Gasteiger partial charge in [-0.1, -0.05) is 0 Å². The number of carbonyl (C=O) groups is 4. The van der Waals surface area contributed by atoms with Crippen molar-refractivity contribution in [3.05, 3.63) is 47.5 Å². The number of piperidine rings is 2. The second kappa shape index (κ2) is 18.7. The van der Waals surface area contributed by atoms with Crippen molar-refractivity contribution in [3.8, 4) is 0 Å². The van der Waals surface area contributed by atoms with Gasteiger partial charge in [0.05, 0.1) is 21.2 Å². The lowest BCUT2D eigenvalue weighted by molar-refractivity contribution is -0.147. The molecule has 4 rings (SSSR count). The SMILES string of the molecule is CS(=O)(=O)c1cc(C(=O)N=C(N)N)ccc1N1CCCCC1.CS(=O)(=O)c1cc(C(=O)N=C(N)N)ccc1N1CCCCC1.O=C(O)CC(=O)O. The summed E-state index contributed by atoms with van der Waals surface area (Å²) in [7, 11) is -6.94. The van der Waals surface area contributed by atoms with Gasteiger partial charge in [-0.25, -0.2) is 16.8 Å². The number of sulfone groups is 2. The fraction of sp³-hybridized carbons (Fsp3) is 0.419. The lowest BCUT2D eigenvalue weighted by Crippen LogP contribution is -2.30. The number of rotatable bonds is 8. The van der Waals surface area contributed by atoms with E-state index in [-0.39, 0.29) is 32.8 Å². The molecular formula is C31H44N8O10S2. The molecule has 2 heterocycles. The molecular weight excluding hydrogens is 709 g/mol. The first kappa shape index (κ1) is 41.9. The Labute approximate surface area is 296 Å². The molecule has 0 unspecified atom stereocenters. The van der Waals surface area contributed by atoms with Crippen LogP contribution in [0.5, 0.6) is 0 Å². The molecule has 0 atom stereocenters. The highest BCUT2D eigenvalue weighted by atomic mass is 32.2. The maximum Gasteiger partial charge on any atom is 0.314 e. The molecule has 0 bridgehead atoms. The third kappa shape index (κ3) is 13.9. The van der Waals surface area contributed by atoms with Gasteiger partial charge in [0.25, 0.3) is 11.8 Å². The summed E-state index contributed by atoms with van der Waals surface area (Å²) in [6.45, 7) is 3.24. The molecule has 10 N–H and O–H groups in total. The molecule has 0 aromatic heterocycles. The van der Waals surface area contributed by atoms with Crippen molar-refractivity contribution >= 4 is 66.7 Å². The van der Waals surface area contributed by atoms with Crippen molar-refractivity contribution in [1.82, 2.24) is 0 Å². The third-order valence-corrected chi connectivity index (χ3v) is 9.62. The van der Waals surface area contributed by atoms with Gasteiger partial charge in [0, 0.05) is 49.8 Å². The molecule has 0 radical (unpaired) electrons. The van der Waals surface area contributed by atoms with Crippen LogP contribution in [-0.2, 0) is 29.3 Å². The van der Waals surface area contributed by atoms with E-state index in [2.05, 4.69) is 9.98 Å². The minimum absolute atomic E-state index is 0.131. The monoisotopic (exact) mass is 752 g/mol. The van der Waals surface area contributed by atoms with Gasteiger partial charge in [0.1, 0.15) is 6.42 Å². The maximum atomic E-state index is 12.1. The minimum atomic E-state index is -3.47. The number of aliphatic carboxylic acids is 2. The second-order valence-electron chi connectivity index (χ2n) is 11.7. The minimum Gasteiger partial charge on any atom is -0.481 e. The van der Waals surface area contributed by atoms with Crippen molar-refractivity contribution in [1.29, 1.82) is 0 Å². The number of hydrogen-bond donors (Lipinski definition) is 6. The number of carbonyl (C=O) groups excluding carboxylic acids is 2. The molecule has 2 aliphatic rings. The van der Waals surface area contributed by atoms with Crippen molar-refractivity contribution < 1.29 is 46.2 Å². The van der Waals surface area contributed by atoms with E-state index in [9.17, 15) is 36.0 Å². The summed E-state index contributed by atoms with van der Waals surface area (Å²) in [6, 6.07) is 9.08. The number of carboxylic acids is 2. The number of hydrogen-bond acceptors (Lipinski definition) is 10. The summed E-state index contributed by atoms with van der Waals surface area (Å²) in [6.07, 6.45) is 7.85. The zero-order valence-electron chi connectivity index (χ0n) is 28.3. The zero-order chi connectivity index (χ0) is 38.5. The number of guanidine groups is 2. The van der Waals surface area contributed by atoms with Crippen molar-refractivity contribution in [2.75, 3.05) is 48.5 Å². The Hall–Kier alpha value is -5.24. The Morgan fingerprint density at radius 3 is 1.16 bits per heavy atom. The Balaban J connectivity index is 0.000000299. The molecule has 280 valence electrons. The lowest BCUT2D eigenvalue weighted by Gasteiger charge is -2.30. The van der Waals surface area contributed by atoms with Gasteiger partial charge in [0.2, 0.25) is 0 Å². The van der Waals surface area contributed by atoms with E-state index in [1.54, 1.807) is 24.3 Å². The first-order chi connectivity index (χ1) is 23.7. The molecule has 18 nitrogen and oxygen atoms in total. The molecule has 2 fully saturated rings. The topological polar surface area (TPSA) is 312 Å². The molecule has 2 saturated heterocycles. The number of nitrogens with two attached hydrogens (primary N) is 4. The Morgan fingerprint density at radius 2 is 0.922 bits per heavy atom. The van der Waals surface area contributed by atoms with Crippen LogP contribution in [0.2, 0.25) is 0 Å². The molecule has 2 amide bonds. The number of aliphatic imine (C=N–C) groups is 2. The van der Waals surface area contributed by atoms with Crippen LogP contribution in [0, 0.1) is 0 Å². The van der Waals surface area contributed by atoms with Crippen LogP contribution < -0.4 is 32.7 Å². The van der Waals surface area contributed by atoms with Crippen molar-refractivity contribution in [2.45, 2.75) is 54.7 Å². The van der Waals surface area contributed by atoms with Crippen molar-refractivity contribution in [3.63, 3.8) is 0 Å². The molecule has 0 spiro atoms. The van der Waals surface area contributed by atoms with E-state index < -0.39 is 49.8 Å². The molecule has 20 heteroatoms. The summed E-state index contributed by atoms with van der Waals surface area (Å²) in [5.74, 6) is -4.65. The third-order valence-electron chi connectivity index (χ3n) is 7.37. The van der Waals surface area contributed by atoms with Crippen LogP contribution in [0.4, 0.5) is 11.4 Å². The van der Waals surface area contributed by atoms with Crippen LogP contribution in [0.25, 0.3) is 0 Å². The van der Waals surface area contributed by atoms with Crippen molar-refractivity contribution in [2.24, 2.45) is 32.9 Å². The Kier molecular flexibility index (Phi) is 15.3. The summed E-state index contributed by atoms with van der Waals surface area (Å²) < 4.78 is 48.3. The van der Waals surface area contributed by atoms with Crippen LogP contribution in [0.3, 0.4) is 0 Å². The molecule has 2 aromatic rings. The van der Waals surface area contributed by atoms with Gasteiger partial charge >= 0.3 is 11.9 Å². The standard InChI is InChI=1S/2C14H20N4O3S.C3H4O4/c2*1-22(20,21)12-9-10(13(19)17-14(15)16)5-6-11(12)18-7-3-2-4-8-18;4-2(5)1-3(6)7/h2*5-6,9H,2-4,7-8H2,1H3,(H4,15,16,17,19);1H2,(H,4,5)(H,6,7). The number of benzene rings is 2. The number of anilines is 2. The lowest BCUT2D eigenvalue weighted by atomic mass is 10.1. The normalized spacial score (nSPS) is 14.4. The number of nitrogens with zero attached hydrogens (tertiary/aromatic N) is 4.